The fourth-order valence-corrected chi connectivity index (χ4v) is 1.63. The average molecular weight is 254 g/mol. The summed E-state index contributed by atoms with van der Waals surface area (Å²) in [7, 11) is 0. The molecule has 2 N–H and O–H groups in total. The van der Waals surface area contributed by atoms with Crippen LogP contribution in [0.4, 0.5) is 11.4 Å². The zero-order valence-electron chi connectivity index (χ0n) is 9.87. The highest BCUT2D eigenvalue weighted by Gasteiger charge is 2.20. The van der Waals surface area contributed by atoms with Gasteiger partial charge in [-0.15, -0.1) is 0 Å². The molecule has 7 nitrogen and oxygen atoms in total. The van der Waals surface area contributed by atoms with E-state index in [2.05, 4.69) is 0 Å². The summed E-state index contributed by atoms with van der Waals surface area (Å²) in [5.41, 5.74) is 0.0127. The number of rotatable bonds is 6. The van der Waals surface area contributed by atoms with Gasteiger partial charge >= 0.3 is 5.97 Å². The number of nitrogens with zero attached hydrogens (tertiary/aromatic N) is 2. The molecule has 1 rings (SSSR count). The highest BCUT2D eigenvalue weighted by atomic mass is 16.6. The monoisotopic (exact) mass is 254 g/mol. The maximum Gasteiger partial charge on any atom is 0.335 e. The molecule has 0 spiro atoms. The number of aliphatic hydroxyl groups is 1. The number of nitro benzene ring substituents is 1. The van der Waals surface area contributed by atoms with Crippen molar-refractivity contribution in [2.24, 2.45) is 0 Å². The molecule has 0 heterocycles. The molecule has 7 heteroatoms. The van der Waals surface area contributed by atoms with Crippen LogP contribution in [-0.2, 0) is 0 Å². The molecule has 1 aromatic carbocycles. The van der Waals surface area contributed by atoms with Crippen LogP contribution >= 0.6 is 0 Å². The van der Waals surface area contributed by atoms with Gasteiger partial charge in [-0.05, 0) is 19.1 Å². The van der Waals surface area contributed by atoms with E-state index in [1.807, 2.05) is 0 Å². The zero-order valence-corrected chi connectivity index (χ0v) is 9.87. The first-order valence-corrected chi connectivity index (χ1v) is 5.38. The fraction of sp³-hybridized carbons (Fsp3) is 0.364. The number of hydrogen-bond donors (Lipinski definition) is 2. The summed E-state index contributed by atoms with van der Waals surface area (Å²) in [4.78, 5) is 22.8. The van der Waals surface area contributed by atoms with Gasteiger partial charge in [0.05, 0.1) is 17.1 Å². The van der Waals surface area contributed by atoms with Crippen LogP contribution in [0.2, 0.25) is 0 Å². The molecule has 0 saturated carbocycles. The second kappa shape index (κ2) is 5.97. The minimum Gasteiger partial charge on any atom is -0.478 e. The van der Waals surface area contributed by atoms with Crippen LogP contribution in [0.15, 0.2) is 18.2 Å². The van der Waals surface area contributed by atoms with Crippen LogP contribution in [-0.4, -0.2) is 40.8 Å². The van der Waals surface area contributed by atoms with Gasteiger partial charge in [-0.2, -0.15) is 0 Å². The third kappa shape index (κ3) is 2.95. The third-order valence-electron chi connectivity index (χ3n) is 2.51. The zero-order chi connectivity index (χ0) is 13.7. The standard InChI is InChI=1S/C11H14N2O5/c1-2-12(5-6-14)10-7-8(11(15)16)3-4-9(10)13(17)18/h3-4,7,14H,2,5-6H2,1H3,(H,15,16). The maximum absolute atomic E-state index is 10.9. The van der Waals surface area contributed by atoms with Crippen LogP contribution in [0.3, 0.4) is 0 Å². The van der Waals surface area contributed by atoms with E-state index in [9.17, 15) is 14.9 Å². The Kier molecular flexibility index (Phi) is 4.61. The average Bonchev–Trinajstić information content (AvgIpc) is 2.35. The van der Waals surface area contributed by atoms with Gasteiger partial charge < -0.3 is 15.1 Å². The van der Waals surface area contributed by atoms with Gasteiger partial charge in [-0.1, -0.05) is 0 Å². The lowest BCUT2D eigenvalue weighted by molar-refractivity contribution is -0.384. The number of benzene rings is 1. The minimum absolute atomic E-state index is 0.0213. The van der Waals surface area contributed by atoms with Crippen molar-refractivity contribution < 1.29 is 19.9 Å². The summed E-state index contributed by atoms with van der Waals surface area (Å²) < 4.78 is 0. The number of carboxylic acid groups (broad SMARTS) is 1. The van der Waals surface area contributed by atoms with Gasteiger partial charge in [0.15, 0.2) is 0 Å². The molecule has 98 valence electrons. The Bertz CT molecular complexity index is 461. The largest absolute Gasteiger partial charge is 0.478 e. The SMILES string of the molecule is CCN(CCO)c1cc(C(=O)O)ccc1[N+](=O)[O-]. The van der Waals surface area contributed by atoms with Gasteiger partial charge in [0.25, 0.3) is 5.69 Å². The van der Waals surface area contributed by atoms with E-state index in [0.717, 1.165) is 0 Å². The number of hydrogen-bond acceptors (Lipinski definition) is 5. The molecular weight excluding hydrogens is 240 g/mol. The fourth-order valence-electron chi connectivity index (χ4n) is 1.63. The lowest BCUT2D eigenvalue weighted by Crippen LogP contribution is -2.27. The Balaban J connectivity index is 3.29. The predicted octanol–water partition coefficient (Wildman–Crippen LogP) is 1.11. The van der Waals surface area contributed by atoms with Gasteiger partial charge in [0, 0.05) is 19.2 Å². The molecule has 18 heavy (non-hydrogen) atoms. The Hall–Kier alpha value is -2.15. The Morgan fingerprint density at radius 2 is 2.17 bits per heavy atom. The van der Waals surface area contributed by atoms with Crippen LogP contribution in [0.25, 0.3) is 0 Å². The van der Waals surface area contributed by atoms with E-state index < -0.39 is 10.9 Å². The molecule has 0 aliphatic heterocycles. The molecule has 0 atom stereocenters. The first-order valence-electron chi connectivity index (χ1n) is 5.38. The molecule has 0 unspecified atom stereocenters. The second-order valence-corrected chi connectivity index (χ2v) is 3.57. The van der Waals surface area contributed by atoms with E-state index in [-0.39, 0.29) is 30.1 Å². The van der Waals surface area contributed by atoms with Crippen molar-refractivity contribution in [2.45, 2.75) is 6.92 Å². The number of anilines is 1. The Morgan fingerprint density at radius 3 is 2.61 bits per heavy atom. The van der Waals surface area contributed by atoms with Crippen molar-refractivity contribution in [1.29, 1.82) is 0 Å². The van der Waals surface area contributed by atoms with Gasteiger partial charge in [-0.25, -0.2) is 4.79 Å². The van der Waals surface area contributed by atoms with E-state index in [1.54, 1.807) is 11.8 Å². The topological polar surface area (TPSA) is 104 Å². The van der Waals surface area contributed by atoms with Crippen LogP contribution in [0.1, 0.15) is 17.3 Å². The first-order chi connectivity index (χ1) is 8.51. The molecule has 0 aliphatic carbocycles. The first kappa shape index (κ1) is 13.9. The number of nitro groups is 1. The Labute approximate surface area is 103 Å². The van der Waals surface area contributed by atoms with Crippen LogP contribution in [0, 0.1) is 10.1 Å². The molecule has 0 amide bonds. The summed E-state index contributed by atoms with van der Waals surface area (Å²) in [6.07, 6.45) is 0. The lowest BCUT2D eigenvalue weighted by Gasteiger charge is -2.21. The quantitative estimate of drug-likeness (QED) is 0.582. The smallest absolute Gasteiger partial charge is 0.335 e. The number of aliphatic hydroxyl groups excluding tert-OH is 1. The van der Waals surface area contributed by atoms with Crippen molar-refractivity contribution in [3.8, 4) is 0 Å². The normalized spacial score (nSPS) is 10.1. The molecular formula is C11H14N2O5. The van der Waals surface area contributed by atoms with Gasteiger partial charge in [0.1, 0.15) is 5.69 Å². The minimum atomic E-state index is -1.15. The molecule has 0 saturated heterocycles. The Morgan fingerprint density at radius 1 is 1.50 bits per heavy atom. The van der Waals surface area contributed by atoms with E-state index in [0.29, 0.717) is 6.54 Å². The molecule has 0 bridgehead atoms. The third-order valence-corrected chi connectivity index (χ3v) is 2.51. The summed E-state index contributed by atoms with van der Waals surface area (Å²) in [6, 6.07) is 3.61. The lowest BCUT2D eigenvalue weighted by atomic mass is 10.1. The highest BCUT2D eigenvalue weighted by molar-refractivity contribution is 5.90. The molecule has 0 aromatic heterocycles. The second-order valence-electron chi connectivity index (χ2n) is 3.57. The van der Waals surface area contributed by atoms with E-state index in [1.165, 1.54) is 18.2 Å². The number of carbonyl (C=O) groups is 1. The van der Waals surface area contributed by atoms with Crippen LogP contribution in [0.5, 0.6) is 0 Å². The summed E-state index contributed by atoms with van der Waals surface area (Å²) >= 11 is 0. The van der Waals surface area contributed by atoms with Crippen molar-refractivity contribution in [3.63, 3.8) is 0 Å². The van der Waals surface area contributed by atoms with Crippen molar-refractivity contribution >= 4 is 17.3 Å². The molecule has 0 fully saturated rings. The van der Waals surface area contributed by atoms with Crippen molar-refractivity contribution in [3.05, 3.63) is 33.9 Å². The number of carboxylic acids is 1. The van der Waals surface area contributed by atoms with Gasteiger partial charge in [0.2, 0.25) is 0 Å². The molecule has 0 aliphatic rings. The maximum atomic E-state index is 10.9. The van der Waals surface area contributed by atoms with Gasteiger partial charge in [-0.3, -0.25) is 10.1 Å². The number of aromatic carboxylic acids is 1. The number of likely N-dealkylation sites (N-methyl/N-ethyl adjacent to an activating group) is 1. The predicted molar refractivity (Wildman–Crippen MR) is 65.0 cm³/mol. The van der Waals surface area contributed by atoms with E-state index >= 15 is 0 Å². The highest BCUT2D eigenvalue weighted by Crippen LogP contribution is 2.29. The van der Waals surface area contributed by atoms with E-state index in [4.69, 9.17) is 10.2 Å². The van der Waals surface area contributed by atoms with Crippen molar-refractivity contribution in [2.75, 3.05) is 24.6 Å². The van der Waals surface area contributed by atoms with Crippen LogP contribution < -0.4 is 4.90 Å². The molecule has 0 radical (unpaired) electrons. The molecule has 1 aromatic rings. The summed E-state index contributed by atoms with van der Waals surface area (Å²) in [5.74, 6) is -1.15. The summed E-state index contributed by atoms with van der Waals surface area (Å²) in [6.45, 7) is 2.25. The van der Waals surface area contributed by atoms with Crippen molar-refractivity contribution in [1.82, 2.24) is 0 Å². The summed E-state index contributed by atoms with van der Waals surface area (Å²) in [5, 5.41) is 28.7.